The van der Waals surface area contributed by atoms with Crippen molar-refractivity contribution in [1.82, 2.24) is 4.98 Å². The first-order chi connectivity index (χ1) is 11.1. The Morgan fingerprint density at radius 1 is 1.09 bits per heavy atom. The molecule has 2 N–H and O–H groups in total. The molecule has 1 heterocycles. The molecule has 0 aliphatic rings. The largest absolute Gasteiger partial charge is 0.506 e. The first kappa shape index (κ1) is 15.0. The predicted octanol–water partition coefficient (Wildman–Crippen LogP) is 4.11. The van der Waals surface area contributed by atoms with Gasteiger partial charge in [-0.1, -0.05) is 38.1 Å². The zero-order valence-corrected chi connectivity index (χ0v) is 13.1. The van der Waals surface area contributed by atoms with Gasteiger partial charge in [-0.2, -0.15) is 0 Å². The number of hydrogen-bond donors (Lipinski definition) is 2. The Kier molecular flexibility index (Phi) is 3.98. The van der Waals surface area contributed by atoms with Crippen molar-refractivity contribution in [1.29, 1.82) is 0 Å². The van der Waals surface area contributed by atoms with Gasteiger partial charge in [0, 0.05) is 11.6 Å². The summed E-state index contributed by atoms with van der Waals surface area (Å²) in [4.78, 5) is 19.2. The van der Waals surface area contributed by atoms with Gasteiger partial charge in [0.1, 0.15) is 11.3 Å². The number of pyridine rings is 1. The number of hydrogen-bond acceptors (Lipinski definition) is 3. The maximum atomic E-state index is 12.1. The van der Waals surface area contributed by atoms with Crippen molar-refractivity contribution in [3.8, 4) is 5.75 Å². The molecule has 0 unspecified atom stereocenters. The van der Waals surface area contributed by atoms with E-state index in [0.717, 1.165) is 5.69 Å². The van der Waals surface area contributed by atoms with E-state index in [2.05, 4.69) is 23.8 Å². The molecule has 4 heteroatoms. The van der Waals surface area contributed by atoms with Crippen LogP contribution in [0.3, 0.4) is 0 Å². The first-order valence-electron chi connectivity index (χ1n) is 7.54. The lowest BCUT2D eigenvalue weighted by atomic mass is 10.0. The average molecular weight is 306 g/mol. The van der Waals surface area contributed by atoms with Gasteiger partial charge < -0.3 is 10.1 Å². The second kappa shape index (κ2) is 6.08. The predicted molar refractivity (Wildman–Crippen MR) is 94.0 cm³/mol. The number of aliphatic imine (C=N–C) groups is 1. The molecule has 0 fully saturated rings. The minimum Gasteiger partial charge on any atom is -0.506 e. The Morgan fingerprint density at radius 2 is 1.78 bits per heavy atom. The fraction of sp³-hybridized carbons (Fsp3) is 0.158. The number of aromatic hydroxyl groups is 1. The van der Waals surface area contributed by atoms with Gasteiger partial charge in [-0.3, -0.25) is 9.79 Å². The molecule has 2 aromatic carbocycles. The molecule has 0 saturated carbocycles. The maximum Gasteiger partial charge on any atom is 0.261 e. The Hall–Kier alpha value is -2.88. The summed E-state index contributed by atoms with van der Waals surface area (Å²) < 4.78 is 0. The van der Waals surface area contributed by atoms with E-state index in [1.54, 1.807) is 12.1 Å². The van der Waals surface area contributed by atoms with Crippen molar-refractivity contribution < 1.29 is 5.11 Å². The van der Waals surface area contributed by atoms with Gasteiger partial charge in [0.25, 0.3) is 5.56 Å². The van der Waals surface area contributed by atoms with E-state index in [0.29, 0.717) is 16.8 Å². The molecule has 3 rings (SSSR count). The quantitative estimate of drug-likeness (QED) is 0.715. The van der Waals surface area contributed by atoms with Crippen molar-refractivity contribution in [3.63, 3.8) is 0 Å². The van der Waals surface area contributed by atoms with E-state index in [1.807, 2.05) is 36.4 Å². The zero-order valence-electron chi connectivity index (χ0n) is 13.1. The van der Waals surface area contributed by atoms with Crippen LogP contribution in [0.1, 0.15) is 30.9 Å². The van der Waals surface area contributed by atoms with Gasteiger partial charge in [0.05, 0.1) is 11.2 Å². The number of benzene rings is 2. The Balaban J connectivity index is 1.99. The number of para-hydroxylation sites is 1. The highest BCUT2D eigenvalue weighted by Gasteiger charge is 2.09. The van der Waals surface area contributed by atoms with E-state index in [-0.39, 0.29) is 16.9 Å². The van der Waals surface area contributed by atoms with E-state index in [9.17, 15) is 9.90 Å². The van der Waals surface area contributed by atoms with Crippen molar-refractivity contribution in [2.24, 2.45) is 4.99 Å². The molecular formula is C19H18N2O2. The average Bonchev–Trinajstić information content (AvgIpc) is 2.55. The summed E-state index contributed by atoms with van der Waals surface area (Å²) >= 11 is 0. The maximum absolute atomic E-state index is 12.1. The minimum atomic E-state index is -0.358. The van der Waals surface area contributed by atoms with E-state index >= 15 is 0 Å². The summed E-state index contributed by atoms with van der Waals surface area (Å²) in [6, 6.07) is 15.0. The van der Waals surface area contributed by atoms with Crippen LogP contribution in [0.2, 0.25) is 0 Å². The molecule has 0 spiro atoms. The summed E-state index contributed by atoms with van der Waals surface area (Å²) in [5.74, 6) is 0.410. The smallest absolute Gasteiger partial charge is 0.261 e. The minimum absolute atomic E-state index is 0.0492. The van der Waals surface area contributed by atoms with Crippen LogP contribution >= 0.6 is 0 Å². The van der Waals surface area contributed by atoms with Gasteiger partial charge in [-0.05, 0) is 35.7 Å². The fourth-order valence-electron chi connectivity index (χ4n) is 2.45. The molecule has 23 heavy (non-hydrogen) atoms. The molecule has 0 bridgehead atoms. The summed E-state index contributed by atoms with van der Waals surface area (Å²) in [6.45, 7) is 4.26. The lowest BCUT2D eigenvalue weighted by Crippen LogP contribution is -2.12. The Labute approximate surface area is 134 Å². The summed E-state index contributed by atoms with van der Waals surface area (Å²) in [7, 11) is 0. The molecule has 4 nitrogen and oxygen atoms in total. The number of aromatic nitrogens is 1. The topological polar surface area (TPSA) is 65.5 Å². The van der Waals surface area contributed by atoms with Gasteiger partial charge >= 0.3 is 0 Å². The number of aromatic amines is 1. The Bertz CT molecular complexity index is 922. The number of fused-ring (bicyclic) bond motifs is 1. The molecule has 1 aromatic heterocycles. The third-order valence-corrected chi connectivity index (χ3v) is 3.83. The highest BCUT2D eigenvalue weighted by atomic mass is 16.3. The van der Waals surface area contributed by atoms with Crippen LogP contribution in [0.15, 0.2) is 58.3 Å². The van der Waals surface area contributed by atoms with Crippen LogP contribution in [-0.2, 0) is 0 Å². The van der Waals surface area contributed by atoms with Gasteiger partial charge in [-0.15, -0.1) is 0 Å². The lowest BCUT2D eigenvalue weighted by Gasteiger charge is -2.05. The number of rotatable bonds is 3. The monoisotopic (exact) mass is 306 g/mol. The molecule has 3 aromatic rings. The second-order valence-electron chi connectivity index (χ2n) is 5.77. The van der Waals surface area contributed by atoms with Crippen molar-refractivity contribution in [2.75, 3.05) is 0 Å². The molecule has 0 atom stereocenters. The standard InChI is InChI=1S/C19H18N2O2/c1-12(2)13-7-9-14(10-8-13)20-11-16-18(22)15-5-3-4-6-17(15)21-19(16)23/h3-12H,1-2H3,(H2,21,22,23). The Morgan fingerprint density at radius 3 is 2.48 bits per heavy atom. The van der Waals surface area contributed by atoms with Gasteiger partial charge in [0.15, 0.2) is 0 Å². The van der Waals surface area contributed by atoms with E-state index in [1.165, 1.54) is 11.8 Å². The summed E-state index contributed by atoms with van der Waals surface area (Å²) in [6.07, 6.45) is 1.41. The van der Waals surface area contributed by atoms with Crippen molar-refractivity contribution in [3.05, 3.63) is 70.0 Å². The normalized spacial score (nSPS) is 11.6. The van der Waals surface area contributed by atoms with Gasteiger partial charge in [-0.25, -0.2) is 0 Å². The molecule has 0 saturated heterocycles. The van der Waals surface area contributed by atoms with Crippen LogP contribution in [0.5, 0.6) is 5.75 Å². The zero-order chi connectivity index (χ0) is 16.4. The number of H-pyrrole nitrogens is 1. The van der Waals surface area contributed by atoms with Crippen LogP contribution in [-0.4, -0.2) is 16.3 Å². The molecule has 0 amide bonds. The van der Waals surface area contributed by atoms with Crippen molar-refractivity contribution in [2.45, 2.75) is 19.8 Å². The van der Waals surface area contributed by atoms with Crippen LogP contribution < -0.4 is 5.56 Å². The third-order valence-electron chi connectivity index (χ3n) is 3.83. The van der Waals surface area contributed by atoms with Crippen LogP contribution in [0.25, 0.3) is 10.9 Å². The highest BCUT2D eigenvalue weighted by molar-refractivity contribution is 5.95. The molecule has 0 radical (unpaired) electrons. The molecule has 0 aliphatic carbocycles. The summed E-state index contributed by atoms with van der Waals surface area (Å²) in [5, 5.41) is 10.9. The molecule has 116 valence electrons. The van der Waals surface area contributed by atoms with E-state index in [4.69, 9.17) is 0 Å². The van der Waals surface area contributed by atoms with Crippen LogP contribution in [0.4, 0.5) is 5.69 Å². The summed E-state index contributed by atoms with van der Waals surface area (Å²) in [5.41, 5.74) is 2.38. The highest BCUT2D eigenvalue weighted by Crippen LogP contribution is 2.24. The van der Waals surface area contributed by atoms with Crippen LogP contribution in [0, 0.1) is 0 Å². The van der Waals surface area contributed by atoms with E-state index < -0.39 is 0 Å². The fourth-order valence-corrected chi connectivity index (χ4v) is 2.45. The van der Waals surface area contributed by atoms with Crippen molar-refractivity contribution >= 4 is 22.8 Å². The molecular weight excluding hydrogens is 288 g/mol. The molecule has 0 aliphatic heterocycles. The van der Waals surface area contributed by atoms with Gasteiger partial charge in [0.2, 0.25) is 0 Å². The third kappa shape index (κ3) is 3.01. The lowest BCUT2D eigenvalue weighted by molar-refractivity contribution is 0.479. The second-order valence-corrected chi connectivity index (χ2v) is 5.77. The number of nitrogens with one attached hydrogen (secondary N) is 1. The first-order valence-corrected chi connectivity index (χ1v) is 7.54. The number of nitrogens with zero attached hydrogens (tertiary/aromatic N) is 1. The SMILES string of the molecule is CC(C)c1ccc(N=Cc2c(O)c3ccccc3[nH]c2=O)cc1.